The van der Waals surface area contributed by atoms with Gasteiger partial charge < -0.3 is 20.6 Å². The molecule has 3 N–H and O–H groups in total. The lowest BCUT2D eigenvalue weighted by Gasteiger charge is -2.32. The fourth-order valence-corrected chi connectivity index (χ4v) is 2.38. The summed E-state index contributed by atoms with van der Waals surface area (Å²) in [6, 6.07) is -0.393. The number of rotatable bonds is 6. The Kier molecular flexibility index (Phi) is 6.62. The number of carboxylic acid groups (broad SMARTS) is 1. The third-order valence-electron chi connectivity index (χ3n) is 3.54. The maximum atomic E-state index is 11.8. The molecule has 1 rings (SSSR count). The van der Waals surface area contributed by atoms with Gasteiger partial charge in [0.1, 0.15) is 0 Å². The summed E-state index contributed by atoms with van der Waals surface area (Å²) in [5.74, 6) is -0.887. The van der Waals surface area contributed by atoms with Gasteiger partial charge in [0, 0.05) is 18.6 Å². The van der Waals surface area contributed by atoms with Crippen molar-refractivity contribution in [3.63, 3.8) is 0 Å². The summed E-state index contributed by atoms with van der Waals surface area (Å²) >= 11 is 0. The van der Waals surface area contributed by atoms with Gasteiger partial charge >= 0.3 is 12.0 Å². The van der Waals surface area contributed by atoms with Crippen LogP contribution in [0.3, 0.4) is 0 Å². The van der Waals surface area contributed by atoms with Crippen LogP contribution in [0, 0.1) is 0 Å². The predicted octanol–water partition coefficient (Wildman–Crippen LogP) is 1.02. The zero-order valence-electron chi connectivity index (χ0n) is 11.8. The van der Waals surface area contributed by atoms with Gasteiger partial charge in [-0.25, -0.2) is 4.79 Å². The molecule has 110 valence electrons. The van der Waals surface area contributed by atoms with E-state index in [0.717, 1.165) is 32.5 Å². The molecule has 6 heteroatoms. The average Bonchev–Trinajstić information content (AvgIpc) is 2.37. The van der Waals surface area contributed by atoms with Gasteiger partial charge in [-0.1, -0.05) is 13.8 Å². The summed E-state index contributed by atoms with van der Waals surface area (Å²) in [5, 5.41) is 14.4. The first kappa shape index (κ1) is 15.8. The van der Waals surface area contributed by atoms with E-state index >= 15 is 0 Å². The van der Waals surface area contributed by atoms with Gasteiger partial charge in [-0.15, -0.1) is 0 Å². The van der Waals surface area contributed by atoms with Crippen molar-refractivity contribution in [2.24, 2.45) is 0 Å². The predicted molar refractivity (Wildman–Crippen MR) is 73.1 cm³/mol. The van der Waals surface area contributed by atoms with Crippen molar-refractivity contribution in [2.75, 3.05) is 19.6 Å². The molecule has 1 fully saturated rings. The Labute approximate surface area is 114 Å². The van der Waals surface area contributed by atoms with Crippen LogP contribution in [0.4, 0.5) is 4.79 Å². The van der Waals surface area contributed by atoms with E-state index in [1.807, 2.05) is 6.92 Å². The lowest BCUT2D eigenvalue weighted by molar-refractivity contribution is -0.137. The summed E-state index contributed by atoms with van der Waals surface area (Å²) in [6.07, 6.45) is 2.66. The standard InChI is InChI=1S/C13H25N3O3/c1-3-10(8-12(17)18)14-13(19)15-11-6-5-7-16(4-2)9-11/h10-11H,3-9H2,1-2H3,(H,17,18)(H2,14,15,19). The van der Waals surface area contributed by atoms with E-state index in [2.05, 4.69) is 22.5 Å². The number of carbonyl (C=O) groups is 2. The zero-order valence-corrected chi connectivity index (χ0v) is 11.8. The molecule has 1 saturated heterocycles. The normalized spacial score (nSPS) is 21.7. The van der Waals surface area contributed by atoms with Crippen LogP contribution >= 0.6 is 0 Å². The number of aliphatic carboxylic acids is 1. The molecule has 0 aromatic carbocycles. The van der Waals surface area contributed by atoms with Crippen molar-refractivity contribution in [3.8, 4) is 0 Å². The molecule has 19 heavy (non-hydrogen) atoms. The summed E-state index contributed by atoms with van der Waals surface area (Å²) in [6.45, 7) is 6.94. The van der Waals surface area contributed by atoms with Crippen LogP contribution in [0.1, 0.15) is 39.5 Å². The Bertz CT molecular complexity index is 310. The summed E-state index contributed by atoms with van der Waals surface area (Å²) in [5.41, 5.74) is 0. The molecule has 6 nitrogen and oxygen atoms in total. The van der Waals surface area contributed by atoms with E-state index in [4.69, 9.17) is 5.11 Å². The van der Waals surface area contributed by atoms with E-state index in [-0.39, 0.29) is 24.5 Å². The summed E-state index contributed by atoms with van der Waals surface area (Å²) < 4.78 is 0. The first-order valence-electron chi connectivity index (χ1n) is 7.06. The lowest BCUT2D eigenvalue weighted by atomic mass is 10.1. The highest BCUT2D eigenvalue weighted by Gasteiger charge is 2.21. The molecule has 2 unspecified atom stereocenters. The quantitative estimate of drug-likeness (QED) is 0.674. The number of hydrogen-bond acceptors (Lipinski definition) is 3. The highest BCUT2D eigenvalue weighted by molar-refractivity contribution is 5.76. The second kappa shape index (κ2) is 7.99. The fraction of sp³-hybridized carbons (Fsp3) is 0.846. The van der Waals surface area contributed by atoms with Gasteiger partial charge in [0.05, 0.1) is 6.42 Å². The number of nitrogens with one attached hydrogen (secondary N) is 2. The van der Waals surface area contributed by atoms with E-state index in [1.54, 1.807) is 0 Å². The SMILES string of the molecule is CCC(CC(=O)O)NC(=O)NC1CCCN(CC)C1. The average molecular weight is 271 g/mol. The van der Waals surface area contributed by atoms with Crippen LogP contribution in [0.5, 0.6) is 0 Å². The number of carboxylic acids is 1. The maximum absolute atomic E-state index is 11.8. The van der Waals surface area contributed by atoms with Crippen LogP contribution in [-0.4, -0.2) is 53.7 Å². The van der Waals surface area contributed by atoms with Crippen molar-refractivity contribution < 1.29 is 14.7 Å². The molecular formula is C13H25N3O3. The third kappa shape index (κ3) is 5.92. The van der Waals surface area contributed by atoms with Gasteiger partial charge in [0.2, 0.25) is 0 Å². The Balaban J connectivity index is 2.35. The molecule has 2 atom stereocenters. The smallest absolute Gasteiger partial charge is 0.315 e. The molecule has 0 aromatic rings. The Hall–Kier alpha value is -1.30. The number of carbonyl (C=O) groups excluding carboxylic acids is 1. The van der Waals surface area contributed by atoms with E-state index in [9.17, 15) is 9.59 Å². The van der Waals surface area contributed by atoms with Gasteiger partial charge in [0.25, 0.3) is 0 Å². The number of piperidine rings is 1. The number of likely N-dealkylation sites (tertiary alicyclic amines) is 1. The van der Waals surface area contributed by atoms with Crippen LogP contribution in [0.25, 0.3) is 0 Å². The van der Waals surface area contributed by atoms with Gasteiger partial charge in [-0.3, -0.25) is 4.79 Å². The summed E-state index contributed by atoms with van der Waals surface area (Å²) in [4.78, 5) is 24.8. The van der Waals surface area contributed by atoms with Crippen LogP contribution in [0.15, 0.2) is 0 Å². The lowest BCUT2D eigenvalue weighted by Crippen LogP contribution is -2.52. The Morgan fingerprint density at radius 2 is 2.16 bits per heavy atom. The number of urea groups is 1. The largest absolute Gasteiger partial charge is 0.481 e. The van der Waals surface area contributed by atoms with Crippen molar-refractivity contribution in [3.05, 3.63) is 0 Å². The van der Waals surface area contributed by atoms with Gasteiger partial charge in [0.15, 0.2) is 0 Å². The maximum Gasteiger partial charge on any atom is 0.315 e. The minimum absolute atomic E-state index is 0.0321. The number of likely N-dealkylation sites (N-methyl/N-ethyl adjacent to an activating group) is 1. The van der Waals surface area contributed by atoms with Crippen molar-refractivity contribution >= 4 is 12.0 Å². The second-order valence-corrected chi connectivity index (χ2v) is 5.05. The van der Waals surface area contributed by atoms with Gasteiger partial charge in [-0.2, -0.15) is 0 Å². The fourth-order valence-electron chi connectivity index (χ4n) is 2.38. The molecule has 0 radical (unpaired) electrons. The molecule has 0 aliphatic carbocycles. The van der Waals surface area contributed by atoms with Crippen molar-refractivity contribution in [1.29, 1.82) is 0 Å². The first-order valence-corrected chi connectivity index (χ1v) is 7.06. The number of amides is 2. The minimum atomic E-state index is -0.887. The molecule has 1 aliphatic rings. The number of hydrogen-bond donors (Lipinski definition) is 3. The Morgan fingerprint density at radius 3 is 2.74 bits per heavy atom. The van der Waals surface area contributed by atoms with Crippen LogP contribution in [0.2, 0.25) is 0 Å². The highest BCUT2D eigenvalue weighted by atomic mass is 16.4. The topological polar surface area (TPSA) is 81.7 Å². The van der Waals surface area contributed by atoms with Crippen LogP contribution < -0.4 is 10.6 Å². The van der Waals surface area contributed by atoms with E-state index in [1.165, 1.54) is 0 Å². The Morgan fingerprint density at radius 1 is 1.42 bits per heavy atom. The summed E-state index contributed by atoms with van der Waals surface area (Å²) in [7, 11) is 0. The third-order valence-corrected chi connectivity index (χ3v) is 3.54. The molecular weight excluding hydrogens is 246 g/mol. The minimum Gasteiger partial charge on any atom is -0.481 e. The van der Waals surface area contributed by atoms with Crippen LogP contribution in [-0.2, 0) is 4.79 Å². The molecule has 0 aromatic heterocycles. The van der Waals surface area contributed by atoms with E-state index < -0.39 is 5.97 Å². The molecule has 0 bridgehead atoms. The van der Waals surface area contributed by atoms with Gasteiger partial charge in [-0.05, 0) is 32.4 Å². The first-order chi connectivity index (χ1) is 9.05. The van der Waals surface area contributed by atoms with Crippen molar-refractivity contribution in [1.82, 2.24) is 15.5 Å². The van der Waals surface area contributed by atoms with E-state index in [0.29, 0.717) is 6.42 Å². The number of nitrogens with zero attached hydrogens (tertiary/aromatic N) is 1. The molecule has 0 saturated carbocycles. The molecule has 1 heterocycles. The molecule has 2 amide bonds. The zero-order chi connectivity index (χ0) is 14.3. The highest BCUT2D eigenvalue weighted by Crippen LogP contribution is 2.09. The molecule has 0 spiro atoms. The second-order valence-electron chi connectivity index (χ2n) is 5.05. The molecule has 1 aliphatic heterocycles. The monoisotopic (exact) mass is 271 g/mol. The van der Waals surface area contributed by atoms with Crippen molar-refractivity contribution in [2.45, 2.75) is 51.6 Å².